The van der Waals surface area contributed by atoms with Crippen molar-refractivity contribution in [1.82, 2.24) is 0 Å². The van der Waals surface area contributed by atoms with Crippen LogP contribution in [0.2, 0.25) is 0 Å². The molecule has 0 amide bonds. The number of hydrogen-bond donors (Lipinski definition) is 0. The summed E-state index contributed by atoms with van der Waals surface area (Å²) in [4.78, 5) is -2.29. The third kappa shape index (κ3) is 4.16. The van der Waals surface area contributed by atoms with Crippen LogP contribution in [0.3, 0.4) is 0 Å². The molecule has 0 radical (unpaired) electrons. The molecule has 3 heteroatoms. The first-order valence-corrected chi connectivity index (χ1v) is 19.3. The summed E-state index contributed by atoms with van der Waals surface area (Å²) in [7, 11) is -2.27. The second-order valence-corrected chi connectivity index (χ2v) is 20.6. The Balaban J connectivity index is 1.85. The van der Waals surface area contributed by atoms with Crippen molar-refractivity contribution in [2.75, 3.05) is 6.66 Å². The maximum atomic E-state index is 2.84. The molecule has 0 heterocycles. The van der Waals surface area contributed by atoms with Crippen molar-refractivity contribution >= 4 is 66.0 Å². The summed E-state index contributed by atoms with van der Waals surface area (Å²) in [5.41, 5.74) is 0. The summed E-state index contributed by atoms with van der Waals surface area (Å²) in [6.07, 6.45) is 0. The third-order valence-corrected chi connectivity index (χ3v) is 20.5. The van der Waals surface area contributed by atoms with E-state index < -0.39 is 12.2 Å². The van der Waals surface area contributed by atoms with Crippen LogP contribution in [0.15, 0.2) is 146 Å². The summed E-state index contributed by atoms with van der Waals surface area (Å²) in [6, 6.07) is 53.9. The van der Waals surface area contributed by atoms with Crippen molar-refractivity contribution in [1.29, 1.82) is 0 Å². The topological polar surface area (TPSA) is 0 Å². The van der Waals surface area contributed by atoms with Crippen LogP contribution in [0.5, 0.6) is 0 Å². The van der Waals surface area contributed by atoms with Crippen LogP contribution in [-0.2, 0) is 0 Å². The molecule has 0 saturated heterocycles. The van der Waals surface area contributed by atoms with Crippen LogP contribution < -0.4 is 31.8 Å². The molecule has 5 aromatic carbocycles. The van der Waals surface area contributed by atoms with Gasteiger partial charge in [0.1, 0.15) is 0 Å². The maximum absolute atomic E-state index is 2.84. The molecule has 0 spiro atoms. The SMILES string of the molecule is C[PH](c1ccccc1)(c1ccccc1)c1ccccc1[PH](I)(c1ccccc1)c1ccccc1. The first-order chi connectivity index (χ1) is 16.6. The van der Waals surface area contributed by atoms with Gasteiger partial charge < -0.3 is 0 Å². The Kier molecular flexibility index (Phi) is 6.98. The Morgan fingerprint density at radius 2 is 0.676 bits per heavy atom. The van der Waals surface area contributed by atoms with Gasteiger partial charge in [0.05, 0.1) is 0 Å². The number of benzene rings is 5. The van der Waals surface area contributed by atoms with Crippen molar-refractivity contribution in [2.45, 2.75) is 0 Å². The molecule has 0 saturated carbocycles. The van der Waals surface area contributed by atoms with Crippen LogP contribution >= 0.6 is 34.2 Å². The molecule has 5 rings (SSSR count). The average molecular weight is 590 g/mol. The first-order valence-electron chi connectivity index (χ1n) is 11.7. The zero-order chi connectivity index (χ0) is 23.4. The van der Waals surface area contributed by atoms with Gasteiger partial charge in [0.25, 0.3) is 0 Å². The van der Waals surface area contributed by atoms with E-state index in [2.05, 4.69) is 174 Å². The molecule has 0 aliphatic carbocycles. The predicted molar refractivity (Wildman–Crippen MR) is 167 cm³/mol. The van der Waals surface area contributed by atoms with Crippen LogP contribution in [0.4, 0.5) is 0 Å². The Bertz CT molecular complexity index is 1170. The van der Waals surface area contributed by atoms with Gasteiger partial charge in [-0.1, -0.05) is 0 Å². The van der Waals surface area contributed by atoms with E-state index in [4.69, 9.17) is 0 Å². The van der Waals surface area contributed by atoms with Crippen molar-refractivity contribution < 1.29 is 0 Å². The molecular formula is C31H29IP2. The minimum atomic E-state index is -2.29. The van der Waals surface area contributed by atoms with Gasteiger partial charge >= 0.3 is 218 Å². The van der Waals surface area contributed by atoms with Crippen molar-refractivity contribution in [2.24, 2.45) is 0 Å². The van der Waals surface area contributed by atoms with E-state index in [9.17, 15) is 0 Å². The van der Waals surface area contributed by atoms with Crippen molar-refractivity contribution in [3.8, 4) is 0 Å². The molecule has 0 bridgehead atoms. The van der Waals surface area contributed by atoms with Crippen LogP contribution in [-0.4, -0.2) is 6.66 Å². The molecule has 0 atom stereocenters. The number of rotatable bonds is 6. The molecular weight excluding hydrogens is 561 g/mol. The fourth-order valence-corrected chi connectivity index (χ4v) is 17.5. The summed E-state index contributed by atoms with van der Waals surface area (Å²) in [5.74, 6) is 0. The third-order valence-electron chi connectivity index (χ3n) is 6.88. The Morgan fingerprint density at radius 3 is 1.06 bits per heavy atom. The van der Waals surface area contributed by atoms with Gasteiger partial charge in [-0.05, 0) is 0 Å². The molecule has 5 aromatic rings. The van der Waals surface area contributed by atoms with Crippen molar-refractivity contribution in [3.63, 3.8) is 0 Å². The average Bonchev–Trinajstić information content (AvgIpc) is 2.94. The van der Waals surface area contributed by atoms with Crippen LogP contribution in [0.1, 0.15) is 0 Å². The van der Waals surface area contributed by atoms with E-state index in [1.165, 1.54) is 31.8 Å². The minimum absolute atomic E-state index is 1.44. The van der Waals surface area contributed by atoms with Gasteiger partial charge in [-0.25, -0.2) is 0 Å². The van der Waals surface area contributed by atoms with E-state index >= 15 is 0 Å². The van der Waals surface area contributed by atoms with Gasteiger partial charge in [0.15, 0.2) is 0 Å². The quantitative estimate of drug-likeness (QED) is 0.176. The summed E-state index contributed by atoms with van der Waals surface area (Å²) in [5, 5.41) is 8.79. The summed E-state index contributed by atoms with van der Waals surface area (Å²) in [6.45, 7) is 2.53. The molecule has 0 unspecified atom stereocenters. The number of hydrogen-bond acceptors (Lipinski definition) is 0. The predicted octanol–water partition coefficient (Wildman–Crippen LogP) is 5.72. The van der Waals surface area contributed by atoms with Crippen LogP contribution in [0.25, 0.3) is 0 Å². The van der Waals surface area contributed by atoms with Gasteiger partial charge in [-0.2, -0.15) is 0 Å². The van der Waals surface area contributed by atoms with E-state index in [0.29, 0.717) is 0 Å². The number of halogens is 1. The van der Waals surface area contributed by atoms with E-state index in [1.54, 1.807) is 0 Å². The fraction of sp³-hybridized carbons (Fsp3) is 0.0323. The Labute approximate surface area is 217 Å². The Morgan fingerprint density at radius 1 is 0.382 bits per heavy atom. The molecule has 0 nitrogen and oxygen atoms in total. The molecule has 0 fully saturated rings. The molecule has 0 aromatic heterocycles. The Hall–Kier alpha value is -2.31. The van der Waals surface area contributed by atoms with E-state index in [1.807, 2.05) is 0 Å². The van der Waals surface area contributed by atoms with Gasteiger partial charge in [-0.15, -0.1) is 0 Å². The molecule has 0 aliphatic rings. The summed E-state index contributed by atoms with van der Waals surface area (Å²) < 4.78 is 0. The second kappa shape index (κ2) is 10.1. The molecule has 170 valence electrons. The normalized spacial score (nSPS) is 12.8. The monoisotopic (exact) mass is 590 g/mol. The van der Waals surface area contributed by atoms with Gasteiger partial charge in [0.2, 0.25) is 0 Å². The van der Waals surface area contributed by atoms with Crippen LogP contribution in [0, 0.1) is 0 Å². The zero-order valence-electron chi connectivity index (χ0n) is 19.2. The first kappa shape index (κ1) is 23.4. The van der Waals surface area contributed by atoms with Crippen molar-refractivity contribution in [3.05, 3.63) is 146 Å². The van der Waals surface area contributed by atoms with Gasteiger partial charge in [0, 0.05) is 0 Å². The van der Waals surface area contributed by atoms with E-state index in [0.717, 1.165) is 0 Å². The molecule has 0 N–H and O–H groups in total. The van der Waals surface area contributed by atoms with E-state index in [-0.39, 0.29) is 0 Å². The molecule has 0 aliphatic heterocycles. The molecule has 34 heavy (non-hydrogen) atoms. The van der Waals surface area contributed by atoms with Gasteiger partial charge in [-0.3, -0.25) is 0 Å². The second-order valence-electron chi connectivity index (χ2n) is 8.79. The zero-order valence-corrected chi connectivity index (χ0v) is 23.4. The summed E-state index contributed by atoms with van der Waals surface area (Å²) >= 11 is 2.84. The fourth-order valence-electron chi connectivity index (χ4n) is 5.05. The standard InChI is InChI=1S/C31H29IP2/c1-33(26-16-6-2-7-17-26,27-18-8-3-9-19-27)30-24-14-15-25-31(30)34(32,28-20-10-4-11-21-28)29-22-12-5-13-23-29/h2-25,33-34H,1H3.